The first-order chi connectivity index (χ1) is 7.35. The third-order valence-corrected chi connectivity index (χ3v) is 2.28. The van der Waals surface area contributed by atoms with Gasteiger partial charge in [0.05, 0.1) is 0 Å². The van der Waals surface area contributed by atoms with E-state index in [1.165, 1.54) is 0 Å². The van der Waals surface area contributed by atoms with Gasteiger partial charge in [0.25, 0.3) is 11.7 Å². The van der Waals surface area contributed by atoms with E-state index in [9.17, 15) is 4.79 Å². The zero-order valence-electron chi connectivity index (χ0n) is 10.1. The summed E-state index contributed by atoms with van der Waals surface area (Å²) >= 11 is 0. The van der Waals surface area contributed by atoms with Gasteiger partial charge in [-0.25, -0.2) is 0 Å². The summed E-state index contributed by atoms with van der Waals surface area (Å²) in [6.07, 6.45) is 0. The molecule has 1 amide bonds. The SMILES string of the molecule is Cc1nc(C(=O)N(C)CC(C)(C)CN)no1. The Kier molecular flexibility index (Phi) is 3.64. The molecule has 6 heteroatoms. The smallest absolute Gasteiger partial charge is 0.295 e. The Bertz CT molecular complexity index is 373. The van der Waals surface area contributed by atoms with Crippen LogP contribution in [0.4, 0.5) is 0 Å². The summed E-state index contributed by atoms with van der Waals surface area (Å²) in [5.74, 6) is 0.223. The Labute approximate surface area is 94.8 Å². The van der Waals surface area contributed by atoms with Crippen LogP contribution in [0, 0.1) is 12.3 Å². The third kappa shape index (κ3) is 3.03. The van der Waals surface area contributed by atoms with Crippen LogP contribution in [-0.2, 0) is 0 Å². The molecule has 0 aromatic carbocycles. The normalized spacial score (nSPS) is 11.6. The Morgan fingerprint density at radius 3 is 2.62 bits per heavy atom. The number of hydrogen-bond acceptors (Lipinski definition) is 5. The lowest BCUT2D eigenvalue weighted by Crippen LogP contribution is -2.40. The van der Waals surface area contributed by atoms with Crippen LogP contribution in [-0.4, -0.2) is 41.1 Å². The highest BCUT2D eigenvalue weighted by molar-refractivity contribution is 5.90. The van der Waals surface area contributed by atoms with E-state index in [1.54, 1.807) is 18.9 Å². The molecule has 90 valence electrons. The highest BCUT2D eigenvalue weighted by atomic mass is 16.5. The summed E-state index contributed by atoms with van der Waals surface area (Å²) in [5, 5.41) is 3.58. The standard InChI is InChI=1S/C10H18N4O2/c1-7-12-8(13-16-7)9(15)14(4)6-10(2,3)5-11/h5-6,11H2,1-4H3. The molecule has 1 aromatic rings. The first kappa shape index (κ1) is 12.6. The fourth-order valence-electron chi connectivity index (χ4n) is 1.34. The monoisotopic (exact) mass is 226 g/mol. The molecule has 1 heterocycles. The molecule has 0 aliphatic rings. The Morgan fingerprint density at radius 2 is 2.19 bits per heavy atom. The van der Waals surface area contributed by atoms with E-state index in [1.807, 2.05) is 13.8 Å². The topological polar surface area (TPSA) is 85.2 Å². The molecular formula is C10H18N4O2. The van der Waals surface area contributed by atoms with Gasteiger partial charge in [-0.15, -0.1) is 0 Å². The largest absolute Gasteiger partial charge is 0.339 e. The minimum absolute atomic E-state index is 0.0906. The van der Waals surface area contributed by atoms with Crippen molar-refractivity contribution in [3.05, 3.63) is 11.7 Å². The van der Waals surface area contributed by atoms with Gasteiger partial charge in [0.1, 0.15) is 0 Å². The average Bonchev–Trinajstić information content (AvgIpc) is 2.63. The lowest BCUT2D eigenvalue weighted by molar-refractivity contribution is 0.0725. The number of nitrogens with two attached hydrogens (primary N) is 1. The summed E-state index contributed by atoms with van der Waals surface area (Å²) in [4.78, 5) is 17.3. The van der Waals surface area contributed by atoms with Crippen molar-refractivity contribution in [2.75, 3.05) is 20.1 Å². The van der Waals surface area contributed by atoms with Gasteiger partial charge in [-0.3, -0.25) is 4.79 Å². The summed E-state index contributed by atoms with van der Waals surface area (Å²) in [6, 6.07) is 0. The van der Waals surface area contributed by atoms with E-state index in [-0.39, 0.29) is 17.1 Å². The molecule has 0 fully saturated rings. The van der Waals surface area contributed by atoms with Gasteiger partial charge in [-0.2, -0.15) is 4.98 Å². The summed E-state index contributed by atoms with van der Waals surface area (Å²) in [7, 11) is 1.70. The molecule has 6 nitrogen and oxygen atoms in total. The maximum Gasteiger partial charge on any atom is 0.295 e. The number of hydrogen-bond donors (Lipinski definition) is 1. The summed E-state index contributed by atoms with van der Waals surface area (Å²) in [6.45, 7) is 6.70. The first-order valence-corrected chi connectivity index (χ1v) is 5.11. The minimum atomic E-state index is -0.252. The van der Waals surface area contributed by atoms with Crippen molar-refractivity contribution in [1.29, 1.82) is 0 Å². The Morgan fingerprint density at radius 1 is 1.56 bits per heavy atom. The zero-order chi connectivity index (χ0) is 12.3. The zero-order valence-corrected chi connectivity index (χ0v) is 10.1. The third-order valence-electron chi connectivity index (χ3n) is 2.28. The van der Waals surface area contributed by atoms with Crippen molar-refractivity contribution in [1.82, 2.24) is 15.0 Å². The van der Waals surface area contributed by atoms with E-state index in [4.69, 9.17) is 10.3 Å². The number of amides is 1. The van der Waals surface area contributed by atoms with E-state index >= 15 is 0 Å². The second-order valence-electron chi connectivity index (χ2n) is 4.67. The van der Waals surface area contributed by atoms with Gasteiger partial charge in [0.2, 0.25) is 5.89 Å². The second-order valence-corrected chi connectivity index (χ2v) is 4.67. The van der Waals surface area contributed by atoms with Crippen LogP contribution in [0.5, 0.6) is 0 Å². The summed E-state index contributed by atoms with van der Waals surface area (Å²) < 4.78 is 4.76. The number of aromatic nitrogens is 2. The molecule has 0 aliphatic heterocycles. The van der Waals surface area contributed by atoms with Gasteiger partial charge in [0, 0.05) is 20.5 Å². The summed E-state index contributed by atoms with van der Waals surface area (Å²) in [5.41, 5.74) is 5.49. The second kappa shape index (κ2) is 4.61. The number of rotatable bonds is 4. The van der Waals surface area contributed by atoms with Crippen LogP contribution in [0.3, 0.4) is 0 Å². The number of nitrogens with zero attached hydrogens (tertiary/aromatic N) is 3. The number of carbonyl (C=O) groups excluding carboxylic acids is 1. The van der Waals surface area contributed by atoms with Gasteiger partial charge >= 0.3 is 0 Å². The molecule has 0 atom stereocenters. The maximum absolute atomic E-state index is 11.9. The van der Waals surface area contributed by atoms with E-state index < -0.39 is 0 Å². The highest BCUT2D eigenvalue weighted by Crippen LogP contribution is 2.14. The van der Waals surface area contributed by atoms with Gasteiger partial charge in [0.15, 0.2) is 0 Å². The highest BCUT2D eigenvalue weighted by Gasteiger charge is 2.24. The first-order valence-electron chi connectivity index (χ1n) is 5.11. The molecule has 0 spiro atoms. The number of aryl methyl sites for hydroxylation is 1. The average molecular weight is 226 g/mol. The molecule has 0 bridgehead atoms. The molecule has 0 radical (unpaired) electrons. The molecule has 0 saturated heterocycles. The van der Waals surface area contributed by atoms with Crippen molar-refractivity contribution in [2.24, 2.45) is 11.1 Å². The Balaban J connectivity index is 2.68. The van der Waals surface area contributed by atoms with Gasteiger partial charge in [-0.05, 0) is 12.0 Å². The minimum Gasteiger partial charge on any atom is -0.339 e. The maximum atomic E-state index is 11.9. The van der Waals surface area contributed by atoms with Crippen molar-refractivity contribution in [3.8, 4) is 0 Å². The van der Waals surface area contributed by atoms with Crippen LogP contribution in [0.1, 0.15) is 30.4 Å². The molecule has 16 heavy (non-hydrogen) atoms. The van der Waals surface area contributed by atoms with Crippen molar-refractivity contribution in [3.63, 3.8) is 0 Å². The molecule has 0 unspecified atom stereocenters. The predicted octanol–water partition coefficient (Wildman–Crippen LogP) is 0.435. The fraction of sp³-hybridized carbons (Fsp3) is 0.700. The van der Waals surface area contributed by atoms with E-state index in [2.05, 4.69) is 10.1 Å². The van der Waals surface area contributed by atoms with Crippen LogP contribution in [0.15, 0.2) is 4.52 Å². The van der Waals surface area contributed by atoms with Crippen molar-refractivity contribution < 1.29 is 9.32 Å². The van der Waals surface area contributed by atoms with Crippen molar-refractivity contribution in [2.45, 2.75) is 20.8 Å². The van der Waals surface area contributed by atoms with Crippen LogP contribution in [0.2, 0.25) is 0 Å². The van der Waals surface area contributed by atoms with E-state index in [0.717, 1.165) is 0 Å². The van der Waals surface area contributed by atoms with Crippen LogP contribution in [0.25, 0.3) is 0 Å². The van der Waals surface area contributed by atoms with Gasteiger partial charge < -0.3 is 15.2 Å². The van der Waals surface area contributed by atoms with E-state index in [0.29, 0.717) is 19.0 Å². The molecule has 2 N–H and O–H groups in total. The molecular weight excluding hydrogens is 208 g/mol. The molecule has 0 saturated carbocycles. The fourth-order valence-corrected chi connectivity index (χ4v) is 1.34. The lowest BCUT2D eigenvalue weighted by Gasteiger charge is -2.28. The number of carbonyl (C=O) groups is 1. The lowest BCUT2D eigenvalue weighted by atomic mass is 9.93. The predicted molar refractivity (Wildman–Crippen MR) is 58.8 cm³/mol. The van der Waals surface area contributed by atoms with Crippen LogP contribution < -0.4 is 5.73 Å². The quantitative estimate of drug-likeness (QED) is 0.805. The molecule has 1 rings (SSSR count). The molecule has 1 aromatic heterocycles. The molecule has 0 aliphatic carbocycles. The van der Waals surface area contributed by atoms with Crippen molar-refractivity contribution >= 4 is 5.91 Å². The van der Waals surface area contributed by atoms with Crippen LogP contribution >= 0.6 is 0 Å². The Hall–Kier alpha value is -1.43. The van der Waals surface area contributed by atoms with Gasteiger partial charge in [-0.1, -0.05) is 19.0 Å².